The molecule has 0 saturated heterocycles. The van der Waals surface area contributed by atoms with Gasteiger partial charge in [-0.1, -0.05) is 19.4 Å². The van der Waals surface area contributed by atoms with Gasteiger partial charge in [0.25, 0.3) is 0 Å². The molecule has 1 fully saturated rings. The molecule has 0 amide bonds. The average molecular weight is 292 g/mol. The van der Waals surface area contributed by atoms with Crippen molar-refractivity contribution in [2.45, 2.75) is 32.6 Å². The SMILES string of the molecule is CCCCOc1ccc(/C=C/C(=O)OCC2CC2)cc1F. The first kappa shape index (κ1) is 15.5. The summed E-state index contributed by atoms with van der Waals surface area (Å²) in [4.78, 5) is 11.4. The van der Waals surface area contributed by atoms with Gasteiger partial charge in [0.15, 0.2) is 11.6 Å². The van der Waals surface area contributed by atoms with E-state index in [2.05, 4.69) is 6.92 Å². The van der Waals surface area contributed by atoms with Gasteiger partial charge in [0.1, 0.15) is 0 Å². The summed E-state index contributed by atoms with van der Waals surface area (Å²) in [6.07, 6.45) is 7.06. The van der Waals surface area contributed by atoms with Crippen molar-refractivity contribution in [3.05, 3.63) is 35.7 Å². The molecule has 0 heterocycles. The lowest BCUT2D eigenvalue weighted by molar-refractivity contribution is -0.138. The largest absolute Gasteiger partial charge is 0.491 e. The second kappa shape index (κ2) is 7.81. The van der Waals surface area contributed by atoms with E-state index in [1.54, 1.807) is 18.2 Å². The predicted molar refractivity (Wildman–Crippen MR) is 79.5 cm³/mol. The highest BCUT2D eigenvalue weighted by molar-refractivity contribution is 5.87. The first-order valence-electron chi connectivity index (χ1n) is 7.46. The standard InChI is InChI=1S/C17H21FO3/c1-2-3-10-20-16-8-6-13(11-15(16)18)7-9-17(19)21-12-14-4-5-14/h6-9,11,14H,2-5,10,12H2,1H3/b9-7+. The Balaban J connectivity index is 1.84. The number of benzene rings is 1. The van der Waals surface area contributed by atoms with Crippen molar-refractivity contribution in [1.82, 2.24) is 0 Å². The van der Waals surface area contributed by atoms with Crippen molar-refractivity contribution in [3.63, 3.8) is 0 Å². The molecule has 1 aromatic rings. The van der Waals surface area contributed by atoms with Crippen molar-refractivity contribution in [1.29, 1.82) is 0 Å². The third-order valence-corrected chi connectivity index (χ3v) is 3.28. The number of hydrogen-bond acceptors (Lipinski definition) is 3. The fourth-order valence-corrected chi connectivity index (χ4v) is 1.76. The van der Waals surface area contributed by atoms with Gasteiger partial charge >= 0.3 is 5.97 Å². The van der Waals surface area contributed by atoms with Gasteiger partial charge in [-0.3, -0.25) is 0 Å². The Morgan fingerprint density at radius 2 is 2.24 bits per heavy atom. The Hall–Kier alpha value is -1.84. The summed E-state index contributed by atoms with van der Waals surface area (Å²) >= 11 is 0. The molecular formula is C17H21FO3. The Bertz CT molecular complexity index is 507. The minimum Gasteiger partial charge on any atom is -0.491 e. The summed E-state index contributed by atoms with van der Waals surface area (Å²) in [7, 11) is 0. The topological polar surface area (TPSA) is 35.5 Å². The van der Waals surface area contributed by atoms with Crippen molar-refractivity contribution < 1.29 is 18.7 Å². The Kier molecular flexibility index (Phi) is 5.78. The molecule has 4 heteroatoms. The number of halogens is 1. The van der Waals surface area contributed by atoms with Crippen LogP contribution in [0.2, 0.25) is 0 Å². The number of carbonyl (C=O) groups is 1. The molecule has 0 aliphatic heterocycles. The molecule has 0 aromatic heterocycles. The van der Waals surface area contributed by atoms with Crippen LogP contribution in [0.25, 0.3) is 6.08 Å². The molecule has 1 saturated carbocycles. The van der Waals surface area contributed by atoms with Crippen molar-refractivity contribution >= 4 is 12.0 Å². The van der Waals surface area contributed by atoms with Gasteiger partial charge in [-0.2, -0.15) is 0 Å². The van der Waals surface area contributed by atoms with Gasteiger partial charge in [0.2, 0.25) is 0 Å². The Morgan fingerprint density at radius 1 is 1.43 bits per heavy atom. The molecule has 114 valence electrons. The summed E-state index contributed by atoms with van der Waals surface area (Å²) in [5.41, 5.74) is 0.610. The molecule has 0 unspecified atom stereocenters. The van der Waals surface area contributed by atoms with Crippen molar-refractivity contribution in [3.8, 4) is 5.75 Å². The van der Waals surface area contributed by atoms with E-state index in [0.29, 0.717) is 24.7 Å². The third-order valence-electron chi connectivity index (χ3n) is 3.28. The van der Waals surface area contributed by atoms with Crippen LogP contribution in [-0.2, 0) is 9.53 Å². The normalized spacial score (nSPS) is 14.4. The molecule has 0 bridgehead atoms. The number of hydrogen-bond donors (Lipinski definition) is 0. The molecule has 21 heavy (non-hydrogen) atoms. The van der Waals surface area contributed by atoms with E-state index in [1.807, 2.05) is 0 Å². The van der Waals surface area contributed by atoms with Crippen LogP contribution in [0.1, 0.15) is 38.2 Å². The first-order valence-corrected chi connectivity index (χ1v) is 7.46. The summed E-state index contributed by atoms with van der Waals surface area (Å²) in [5.74, 6) is -0.0126. The van der Waals surface area contributed by atoms with E-state index in [-0.39, 0.29) is 11.7 Å². The number of esters is 1. The van der Waals surface area contributed by atoms with Crippen LogP contribution in [-0.4, -0.2) is 19.2 Å². The molecular weight excluding hydrogens is 271 g/mol. The summed E-state index contributed by atoms with van der Waals surface area (Å²) in [6.45, 7) is 3.05. The van der Waals surface area contributed by atoms with Crippen LogP contribution in [0.4, 0.5) is 4.39 Å². The second-order valence-electron chi connectivity index (χ2n) is 5.30. The van der Waals surface area contributed by atoms with Crippen LogP contribution in [0.5, 0.6) is 5.75 Å². The number of unbranched alkanes of at least 4 members (excludes halogenated alkanes) is 1. The summed E-state index contributed by atoms with van der Waals surface area (Å²) in [5, 5.41) is 0. The van der Waals surface area contributed by atoms with E-state index in [1.165, 1.54) is 12.1 Å². The monoisotopic (exact) mass is 292 g/mol. The van der Waals surface area contributed by atoms with Gasteiger partial charge in [-0.25, -0.2) is 9.18 Å². The Morgan fingerprint density at radius 3 is 2.90 bits per heavy atom. The summed E-state index contributed by atoms with van der Waals surface area (Å²) < 4.78 is 24.2. The maximum Gasteiger partial charge on any atom is 0.330 e. The number of carbonyl (C=O) groups excluding carboxylic acids is 1. The molecule has 1 aliphatic carbocycles. The van der Waals surface area contributed by atoms with Gasteiger partial charge in [-0.05, 0) is 49.0 Å². The van der Waals surface area contributed by atoms with Gasteiger partial charge in [0, 0.05) is 6.08 Å². The van der Waals surface area contributed by atoms with Gasteiger partial charge in [0.05, 0.1) is 13.2 Å². The fourth-order valence-electron chi connectivity index (χ4n) is 1.76. The quantitative estimate of drug-likeness (QED) is 0.413. The fraction of sp³-hybridized carbons (Fsp3) is 0.471. The van der Waals surface area contributed by atoms with E-state index < -0.39 is 5.82 Å². The lowest BCUT2D eigenvalue weighted by Crippen LogP contribution is -2.03. The van der Waals surface area contributed by atoms with Crippen molar-refractivity contribution in [2.24, 2.45) is 5.92 Å². The second-order valence-corrected chi connectivity index (χ2v) is 5.30. The minimum absolute atomic E-state index is 0.247. The molecule has 0 N–H and O–H groups in total. The molecule has 0 radical (unpaired) electrons. The molecule has 2 rings (SSSR count). The van der Waals surface area contributed by atoms with E-state index in [9.17, 15) is 9.18 Å². The van der Waals surface area contributed by atoms with Gasteiger partial charge < -0.3 is 9.47 Å². The molecule has 1 aromatic carbocycles. The van der Waals surface area contributed by atoms with E-state index >= 15 is 0 Å². The highest BCUT2D eigenvalue weighted by Gasteiger charge is 2.22. The van der Waals surface area contributed by atoms with E-state index in [0.717, 1.165) is 25.7 Å². The zero-order valence-electron chi connectivity index (χ0n) is 12.3. The predicted octanol–water partition coefficient (Wildman–Crippen LogP) is 3.97. The maximum absolute atomic E-state index is 13.8. The van der Waals surface area contributed by atoms with Crippen LogP contribution >= 0.6 is 0 Å². The van der Waals surface area contributed by atoms with Crippen LogP contribution in [0.15, 0.2) is 24.3 Å². The third kappa shape index (κ3) is 5.58. The zero-order valence-corrected chi connectivity index (χ0v) is 12.3. The van der Waals surface area contributed by atoms with E-state index in [4.69, 9.17) is 9.47 Å². The minimum atomic E-state index is -0.417. The first-order chi connectivity index (χ1) is 10.2. The molecule has 0 atom stereocenters. The Labute approximate surface area is 124 Å². The number of ether oxygens (including phenoxy) is 2. The smallest absolute Gasteiger partial charge is 0.330 e. The van der Waals surface area contributed by atoms with Crippen LogP contribution < -0.4 is 4.74 Å². The summed E-state index contributed by atoms with van der Waals surface area (Å²) in [6, 6.07) is 4.65. The number of rotatable bonds is 8. The zero-order chi connectivity index (χ0) is 15.1. The van der Waals surface area contributed by atoms with Crippen molar-refractivity contribution in [2.75, 3.05) is 13.2 Å². The lowest BCUT2D eigenvalue weighted by Gasteiger charge is -2.06. The molecule has 1 aliphatic rings. The highest BCUT2D eigenvalue weighted by atomic mass is 19.1. The molecule has 0 spiro atoms. The highest BCUT2D eigenvalue weighted by Crippen LogP contribution is 2.28. The van der Waals surface area contributed by atoms with Crippen LogP contribution in [0, 0.1) is 11.7 Å². The maximum atomic E-state index is 13.8. The van der Waals surface area contributed by atoms with Gasteiger partial charge in [-0.15, -0.1) is 0 Å². The lowest BCUT2D eigenvalue weighted by atomic mass is 10.2. The molecule has 3 nitrogen and oxygen atoms in total. The van der Waals surface area contributed by atoms with Crippen LogP contribution in [0.3, 0.4) is 0 Å². The average Bonchev–Trinajstić information content (AvgIpc) is 3.29.